The van der Waals surface area contributed by atoms with E-state index >= 15 is 0 Å². The minimum absolute atomic E-state index is 0.00320. The zero-order valence-electron chi connectivity index (χ0n) is 15.5. The number of piperazine rings is 1. The van der Waals surface area contributed by atoms with Crippen molar-refractivity contribution in [2.75, 3.05) is 31.1 Å². The van der Waals surface area contributed by atoms with Crippen LogP contribution < -0.4 is 10.2 Å². The van der Waals surface area contributed by atoms with Crippen LogP contribution >= 0.6 is 11.3 Å². The fourth-order valence-electron chi connectivity index (χ4n) is 3.17. The molecule has 3 rings (SSSR count). The van der Waals surface area contributed by atoms with Crippen LogP contribution in [0.4, 0.5) is 10.1 Å². The predicted octanol–water partition coefficient (Wildman–Crippen LogP) is 2.99. The summed E-state index contributed by atoms with van der Waals surface area (Å²) < 4.78 is 13.1. The number of rotatable bonds is 5. The van der Waals surface area contributed by atoms with Crippen LogP contribution in [0.25, 0.3) is 0 Å². The molecule has 0 aliphatic carbocycles. The van der Waals surface area contributed by atoms with Gasteiger partial charge < -0.3 is 15.1 Å². The van der Waals surface area contributed by atoms with E-state index in [4.69, 9.17) is 0 Å². The molecule has 1 aliphatic heterocycles. The molecule has 0 spiro atoms. The molecule has 1 aliphatic rings. The van der Waals surface area contributed by atoms with Gasteiger partial charge in [-0.3, -0.25) is 9.59 Å². The molecule has 0 radical (unpaired) electrons. The number of nitrogens with one attached hydrogen (secondary N) is 1. The molecular formula is C20H24FN3O2S. The molecule has 2 aromatic rings. The minimum Gasteiger partial charge on any atom is -0.368 e. The minimum atomic E-state index is -0.544. The van der Waals surface area contributed by atoms with Crippen LogP contribution in [-0.2, 0) is 4.79 Å². The number of carbonyl (C=O) groups excluding carboxylic acids is 2. The first-order valence-electron chi connectivity index (χ1n) is 9.09. The number of thiophene rings is 1. The molecule has 0 saturated carbocycles. The van der Waals surface area contributed by atoms with Gasteiger partial charge in [0.2, 0.25) is 5.91 Å². The first-order valence-corrected chi connectivity index (χ1v) is 9.97. The number of benzene rings is 1. The Morgan fingerprint density at radius 2 is 1.74 bits per heavy atom. The first kappa shape index (κ1) is 19.4. The topological polar surface area (TPSA) is 52.7 Å². The Labute approximate surface area is 162 Å². The first-order chi connectivity index (χ1) is 13.0. The van der Waals surface area contributed by atoms with Crippen LogP contribution in [-0.4, -0.2) is 48.9 Å². The average Bonchev–Trinajstić information content (AvgIpc) is 3.21. The zero-order valence-corrected chi connectivity index (χ0v) is 16.3. The molecule has 144 valence electrons. The van der Waals surface area contributed by atoms with Gasteiger partial charge in [0.15, 0.2) is 0 Å². The van der Waals surface area contributed by atoms with Crippen LogP contribution in [0.3, 0.4) is 0 Å². The van der Waals surface area contributed by atoms with Crippen molar-refractivity contribution in [3.8, 4) is 0 Å². The molecule has 27 heavy (non-hydrogen) atoms. The molecule has 7 heteroatoms. The van der Waals surface area contributed by atoms with E-state index in [2.05, 4.69) is 10.2 Å². The van der Waals surface area contributed by atoms with E-state index in [0.29, 0.717) is 31.1 Å². The lowest BCUT2D eigenvalue weighted by atomic mass is 10.0. The monoisotopic (exact) mass is 389 g/mol. The van der Waals surface area contributed by atoms with Crippen molar-refractivity contribution in [1.29, 1.82) is 0 Å². The lowest BCUT2D eigenvalue weighted by molar-refractivity contribution is -0.134. The summed E-state index contributed by atoms with van der Waals surface area (Å²) in [5, 5.41) is 4.73. The molecule has 0 bridgehead atoms. The van der Waals surface area contributed by atoms with Gasteiger partial charge in [-0.25, -0.2) is 4.39 Å². The highest BCUT2D eigenvalue weighted by Crippen LogP contribution is 2.18. The van der Waals surface area contributed by atoms with Crippen molar-refractivity contribution in [1.82, 2.24) is 10.2 Å². The Morgan fingerprint density at radius 1 is 1.07 bits per heavy atom. The SMILES string of the molecule is CC(C)C(NC(=O)c1cccs1)C(=O)N1CCN(c2ccc(F)cc2)CC1. The Balaban J connectivity index is 1.60. The van der Waals surface area contributed by atoms with Crippen LogP contribution in [0, 0.1) is 11.7 Å². The highest BCUT2D eigenvalue weighted by molar-refractivity contribution is 7.12. The summed E-state index contributed by atoms with van der Waals surface area (Å²) in [6, 6.07) is 9.43. The van der Waals surface area contributed by atoms with Crippen LogP contribution in [0.1, 0.15) is 23.5 Å². The summed E-state index contributed by atoms with van der Waals surface area (Å²) in [6.07, 6.45) is 0. The number of nitrogens with zero attached hydrogens (tertiary/aromatic N) is 2. The van der Waals surface area contributed by atoms with Crippen molar-refractivity contribution in [2.45, 2.75) is 19.9 Å². The molecule has 1 unspecified atom stereocenters. The highest BCUT2D eigenvalue weighted by Gasteiger charge is 2.31. The number of hydrogen-bond acceptors (Lipinski definition) is 4. The third kappa shape index (κ3) is 4.66. The molecule has 1 aromatic heterocycles. The molecule has 2 amide bonds. The maximum atomic E-state index is 13.1. The molecular weight excluding hydrogens is 365 g/mol. The second-order valence-electron chi connectivity index (χ2n) is 6.96. The van der Waals surface area contributed by atoms with Crippen molar-refractivity contribution >= 4 is 28.8 Å². The second-order valence-corrected chi connectivity index (χ2v) is 7.91. The largest absolute Gasteiger partial charge is 0.368 e. The van der Waals surface area contributed by atoms with E-state index in [1.807, 2.05) is 25.3 Å². The van der Waals surface area contributed by atoms with Crippen molar-refractivity contribution in [2.24, 2.45) is 5.92 Å². The van der Waals surface area contributed by atoms with Crippen LogP contribution in [0.15, 0.2) is 41.8 Å². The molecule has 5 nitrogen and oxygen atoms in total. The maximum absolute atomic E-state index is 13.1. The highest BCUT2D eigenvalue weighted by atomic mass is 32.1. The predicted molar refractivity (Wildman–Crippen MR) is 106 cm³/mol. The number of halogens is 1. The smallest absolute Gasteiger partial charge is 0.262 e. The van der Waals surface area contributed by atoms with E-state index in [-0.39, 0.29) is 23.5 Å². The van der Waals surface area contributed by atoms with Crippen molar-refractivity contribution < 1.29 is 14.0 Å². The fourth-order valence-corrected chi connectivity index (χ4v) is 3.79. The van der Waals surface area contributed by atoms with Crippen molar-refractivity contribution in [3.05, 3.63) is 52.5 Å². The van der Waals surface area contributed by atoms with Gasteiger partial charge in [0.1, 0.15) is 11.9 Å². The third-order valence-corrected chi connectivity index (χ3v) is 5.62. The molecule has 1 aromatic carbocycles. The Kier molecular flexibility index (Phi) is 6.11. The maximum Gasteiger partial charge on any atom is 0.262 e. The zero-order chi connectivity index (χ0) is 19.4. The van der Waals surface area contributed by atoms with E-state index in [1.165, 1.54) is 23.5 Å². The second kappa shape index (κ2) is 8.52. The van der Waals surface area contributed by atoms with E-state index in [0.717, 1.165) is 5.69 Å². The van der Waals surface area contributed by atoms with E-state index in [9.17, 15) is 14.0 Å². The molecule has 1 saturated heterocycles. The van der Waals surface area contributed by atoms with Gasteiger partial charge in [-0.2, -0.15) is 0 Å². The molecule has 1 atom stereocenters. The number of amides is 2. The summed E-state index contributed by atoms with van der Waals surface area (Å²) in [5.74, 6) is -0.513. The molecule has 1 fully saturated rings. The summed E-state index contributed by atoms with van der Waals surface area (Å²) in [6.45, 7) is 6.39. The summed E-state index contributed by atoms with van der Waals surface area (Å²) >= 11 is 1.36. The molecule has 2 heterocycles. The summed E-state index contributed by atoms with van der Waals surface area (Å²) in [4.78, 5) is 29.9. The lowest BCUT2D eigenvalue weighted by Crippen LogP contribution is -2.56. The van der Waals surface area contributed by atoms with Gasteiger partial charge in [0.05, 0.1) is 4.88 Å². The Hall–Kier alpha value is -2.41. The fraction of sp³-hybridized carbons (Fsp3) is 0.400. The van der Waals surface area contributed by atoms with Gasteiger partial charge in [-0.1, -0.05) is 19.9 Å². The van der Waals surface area contributed by atoms with Crippen molar-refractivity contribution in [3.63, 3.8) is 0 Å². The number of anilines is 1. The van der Waals surface area contributed by atoms with E-state index < -0.39 is 6.04 Å². The quantitative estimate of drug-likeness (QED) is 0.855. The summed E-state index contributed by atoms with van der Waals surface area (Å²) in [7, 11) is 0. The van der Waals surface area contributed by atoms with Crippen LogP contribution in [0.5, 0.6) is 0 Å². The van der Waals surface area contributed by atoms with Gasteiger partial charge in [0.25, 0.3) is 5.91 Å². The van der Waals surface area contributed by atoms with E-state index in [1.54, 1.807) is 23.1 Å². The average molecular weight is 389 g/mol. The van der Waals surface area contributed by atoms with Crippen LogP contribution in [0.2, 0.25) is 0 Å². The number of hydrogen-bond donors (Lipinski definition) is 1. The normalized spacial score (nSPS) is 15.7. The van der Waals surface area contributed by atoms with Gasteiger partial charge in [-0.05, 0) is 41.6 Å². The summed E-state index contributed by atoms with van der Waals surface area (Å²) in [5.41, 5.74) is 0.954. The van der Waals surface area contributed by atoms with Gasteiger partial charge in [0, 0.05) is 31.9 Å². The molecule has 1 N–H and O–H groups in total. The standard InChI is InChI=1S/C20H24FN3O2S/c1-14(2)18(22-19(25)17-4-3-13-27-17)20(26)24-11-9-23(10-12-24)16-7-5-15(21)6-8-16/h3-8,13-14,18H,9-12H2,1-2H3,(H,22,25). The lowest BCUT2D eigenvalue weighted by Gasteiger charge is -2.38. The Bertz CT molecular complexity index is 769. The third-order valence-electron chi connectivity index (χ3n) is 4.75. The Morgan fingerprint density at radius 3 is 2.30 bits per heavy atom. The van der Waals surface area contributed by atoms with Gasteiger partial charge >= 0.3 is 0 Å². The van der Waals surface area contributed by atoms with Gasteiger partial charge in [-0.15, -0.1) is 11.3 Å². The number of carbonyl (C=O) groups is 2.